The highest BCUT2D eigenvalue weighted by Crippen LogP contribution is 1.90. The van der Waals surface area contributed by atoms with Crippen LogP contribution in [0.5, 0.6) is 0 Å². The van der Waals surface area contributed by atoms with Gasteiger partial charge in [-0.1, -0.05) is 13.8 Å². The Hall–Kier alpha value is -0.370. The molecule has 0 amide bonds. The van der Waals surface area contributed by atoms with E-state index in [0.29, 0.717) is 6.54 Å². The minimum atomic E-state index is 0.170. The lowest BCUT2D eigenvalue weighted by atomic mass is 10.2. The first kappa shape index (κ1) is 8.63. The van der Waals surface area contributed by atoms with Crippen molar-refractivity contribution >= 4 is 5.71 Å². The van der Waals surface area contributed by atoms with E-state index in [1.54, 1.807) is 0 Å². The third kappa shape index (κ3) is 4.15. The van der Waals surface area contributed by atoms with Crippen LogP contribution < -0.4 is 0 Å². The summed E-state index contributed by atoms with van der Waals surface area (Å²) in [4.78, 5) is 4.15. The number of aliphatic hydroxyl groups excluding tert-OH is 1. The summed E-state index contributed by atoms with van der Waals surface area (Å²) >= 11 is 0. The third-order valence-corrected chi connectivity index (χ3v) is 1.25. The molecule has 0 saturated carbocycles. The van der Waals surface area contributed by atoms with Crippen molar-refractivity contribution in [1.82, 2.24) is 0 Å². The number of aliphatic imine (C=N–C) groups is 1. The van der Waals surface area contributed by atoms with Crippen molar-refractivity contribution in [3.05, 3.63) is 0 Å². The highest BCUT2D eigenvalue weighted by Gasteiger charge is 1.88. The molecule has 0 atom stereocenters. The fraction of sp³-hybridized carbons (Fsp3) is 0.857. The molecule has 0 fully saturated rings. The number of hydrogen-bond acceptors (Lipinski definition) is 2. The molecule has 1 N–H and O–H groups in total. The molecule has 0 aliphatic carbocycles. The van der Waals surface area contributed by atoms with Crippen LogP contribution in [0.15, 0.2) is 4.99 Å². The number of nitrogens with zero attached hydrogens (tertiary/aromatic N) is 1. The average molecular weight is 129 g/mol. The smallest absolute Gasteiger partial charge is 0.0626 e. The Labute approximate surface area is 56.6 Å². The molecule has 0 saturated heterocycles. The van der Waals surface area contributed by atoms with Crippen LogP contribution in [0, 0.1) is 0 Å². The van der Waals surface area contributed by atoms with Crippen molar-refractivity contribution in [2.45, 2.75) is 26.7 Å². The Balaban J connectivity index is 3.48. The predicted molar refractivity (Wildman–Crippen MR) is 40.0 cm³/mol. The maximum Gasteiger partial charge on any atom is 0.0626 e. The first-order chi connectivity index (χ1) is 4.35. The van der Waals surface area contributed by atoms with E-state index in [-0.39, 0.29) is 6.61 Å². The molecule has 2 nitrogen and oxygen atoms in total. The van der Waals surface area contributed by atoms with Crippen LogP contribution in [0.2, 0.25) is 0 Å². The first-order valence-electron chi connectivity index (χ1n) is 3.48. The SMILES string of the molecule is CCC(CC)=NCCO. The van der Waals surface area contributed by atoms with Gasteiger partial charge in [0.25, 0.3) is 0 Å². The molecule has 9 heavy (non-hydrogen) atoms. The van der Waals surface area contributed by atoms with Gasteiger partial charge in [-0.05, 0) is 12.8 Å². The van der Waals surface area contributed by atoms with Gasteiger partial charge in [-0.25, -0.2) is 0 Å². The van der Waals surface area contributed by atoms with Gasteiger partial charge in [0.15, 0.2) is 0 Å². The summed E-state index contributed by atoms with van der Waals surface area (Å²) in [5, 5.41) is 8.40. The Morgan fingerprint density at radius 3 is 2.22 bits per heavy atom. The topological polar surface area (TPSA) is 32.6 Å². The summed E-state index contributed by atoms with van der Waals surface area (Å²) in [5.41, 5.74) is 1.20. The molecule has 0 aliphatic heterocycles. The van der Waals surface area contributed by atoms with Crippen LogP contribution >= 0.6 is 0 Å². The molecule has 0 spiro atoms. The van der Waals surface area contributed by atoms with E-state index < -0.39 is 0 Å². The molecule has 0 unspecified atom stereocenters. The third-order valence-electron chi connectivity index (χ3n) is 1.25. The van der Waals surface area contributed by atoms with Crippen molar-refractivity contribution in [1.29, 1.82) is 0 Å². The molecule has 0 bridgehead atoms. The van der Waals surface area contributed by atoms with Crippen molar-refractivity contribution in [2.24, 2.45) is 4.99 Å². The fourth-order valence-electron chi connectivity index (χ4n) is 0.682. The van der Waals surface area contributed by atoms with Gasteiger partial charge in [0, 0.05) is 5.71 Å². The molecule has 0 heterocycles. The number of hydrogen-bond donors (Lipinski definition) is 1. The fourth-order valence-corrected chi connectivity index (χ4v) is 0.682. The maximum absolute atomic E-state index is 8.40. The van der Waals surface area contributed by atoms with Crippen molar-refractivity contribution in [3.8, 4) is 0 Å². The molecule has 0 aliphatic rings. The van der Waals surface area contributed by atoms with Gasteiger partial charge in [-0.2, -0.15) is 0 Å². The maximum atomic E-state index is 8.40. The lowest BCUT2D eigenvalue weighted by Crippen LogP contribution is -1.97. The van der Waals surface area contributed by atoms with Gasteiger partial charge < -0.3 is 5.11 Å². The molecule has 0 aromatic rings. The second-order valence-electron chi connectivity index (χ2n) is 1.88. The van der Waals surface area contributed by atoms with Crippen LogP contribution in [0.4, 0.5) is 0 Å². The average Bonchev–Trinajstić information content (AvgIpc) is 1.91. The monoisotopic (exact) mass is 129 g/mol. The number of rotatable bonds is 4. The van der Waals surface area contributed by atoms with Gasteiger partial charge >= 0.3 is 0 Å². The molecule has 0 aromatic heterocycles. The van der Waals surface area contributed by atoms with E-state index in [4.69, 9.17) is 5.11 Å². The van der Waals surface area contributed by atoms with Gasteiger partial charge in [-0.15, -0.1) is 0 Å². The van der Waals surface area contributed by atoms with Gasteiger partial charge in [-0.3, -0.25) is 4.99 Å². The molecule has 0 rings (SSSR count). The number of aliphatic hydroxyl groups is 1. The molecular weight excluding hydrogens is 114 g/mol. The Morgan fingerprint density at radius 2 is 1.89 bits per heavy atom. The van der Waals surface area contributed by atoms with Crippen molar-refractivity contribution in [2.75, 3.05) is 13.2 Å². The Kier molecular flexibility index (Phi) is 5.52. The van der Waals surface area contributed by atoms with Crippen LogP contribution in [0.1, 0.15) is 26.7 Å². The van der Waals surface area contributed by atoms with E-state index in [0.717, 1.165) is 12.8 Å². The first-order valence-corrected chi connectivity index (χ1v) is 3.48. The van der Waals surface area contributed by atoms with E-state index >= 15 is 0 Å². The minimum absolute atomic E-state index is 0.170. The van der Waals surface area contributed by atoms with Crippen LogP contribution in [0.3, 0.4) is 0 Å². The Morgan fingerprint density at radius 1 is 1.33 bits per heavy atom. The molecular formula is C7H15NO. The molecule has 54 valence electrons. The largest absolute Gasteiger partial charge is 0.394 e. The zero-order valence-corrected chi connectivity index (χ0v) is 6.22. The van der Waals surface area contributed by atoms with Gasteiger partial charge in [0.1, 0.15) is 0 Å². The van der Waals surface area contributed by atoms with Crippen molar-refractivity contribution in [3.63, 3.8) is 0 Å². The zero-order chi connectivity index (χ0) is 7.11. The highest BCUT2D eigenvalue weighted by atomic mass is 16.3. The molecule has 2 heteroatoms. The van der Waals surface area contributed by atoms with Crippen LogP contribution in [-0.4, -0.2) is 24.0 Å². The quantitative estimate of drug-likeness (QED) is 0.569. The van der Waals surface area contributed by atoms with Crippen LogP contribution in [-0.2, 0) is 0 Å². The standard InChI is InChI=1S/C7H15NO/c1-3-7(4-2)8-5-6-9/h9H,3-6H2,1-2H3. The second kappa shape index (κ2) is 5.76. The van der Waals surface area contributed by atoms with Crippen molar-refractivity contribution < 1.29 is 5.11 Å². The van der Waals surface area contributed by atoms with E-state index in [1.807, 2.05) is 0 Å². The zero-order valence-electron chi connectivity index (χ0n) is 6.22. The predicted octanol–water partition coefficient (Wildman–Crippen LogP) is 1.24. The minimum Gasteiger partial charge on any atom is -0.394 e. The summed E-state index contributed by atoms with van der Waals surface area (Å²) in [6.07, 6.45) is 2.02. The van der Waals surface area contributed by atoms with E-state index in [9.17, 15) is 0 Å². The summed E-state index contributed by atoms with van der Waals surface area (Å²) < 4.78 is 0. The Bertz CT molecular complexity index is 82.9. The van der Waals surface area contributed by atoms with E-state index in [2.05, 4.69) is 18.8 Å². The summed E-state index contributed by atoms with van der Waals surface area (Å²) in [6, 6.07) is 0. The van der Waals surface area contributed by atoms with Gasteiger partial charge in [0.2, 0.25) is 0 Å². The second-order valence-corrected chi connectivity index (χ2v) is 1.88. The van der Waals surface area contributed by atoms with Gasteiger partial charge in [0.05, 0.1) is 13.2 Å². The lowest BCUT2D eigenvalue weighted by molar-refractivity contribution is 0.306. The lowest BCUT2D eigenvalue weighted by Gasteiger charge is -1.96. The molecule has 0 radical (unpaired) electrons. The summed E-state index contributed by atoms with van der Waals surface area (Å²) in [5.74, 6) is 0. The highest BCUT2D eigenvalue weighted by molar-refractivity contribution is 5.83. The normalized spacial score (nSPS) is 9.22. The summed E-state index contributed by atoms with van der Waals surface area (Å²) in [7, 11) is 0. The van der Waals surface area contributed by atoms with Crippen LogP contribution in [0.25, 0.3) is 0 Å². The molecule has 0 aromatic carbocycles. The summed E-state index contributed by atoms with van der Waals surface area (Å²) in [6.45, 7) is 4.90. The van der Waals surface area contributed by atoms with E-state index in [1.165, 1.54) is 5.71 Å².